The van der Waals surface area contributed by atoms with E-state index in [1.807, 2.05) is 19.2 Å². The summed E-state index contributed by atoms with van der Waals surface area (Å²) in [6.07, 6.45) is 1.52. The van der Waals surface area contributed by atoms with Crippen LogP contribution in [0.15, 0.2) is 24.3 Å². The molecule has 1 fully saturated rings. The molecule has 1 aliphatic heterocycles. The SMILES string of the molecule is CNC(CN1CCC(OC)C1)c1cccc(OC)c1. The monoisotopic (exact) mass is 264 g/mol. The van der Waals surface area contributed by atoms with Crippen LogP contribution in [0.1, 0.15) is 18.0 Å². The number of methoxy groups -OCH3 is 2. The summed E-state index contributed by atoms with van der Waals surface area (Å²) in [5.74, 6) is 0.911. The molecule has 4 heteroatoms. The zero-order valence-corrected chi connectivity index (χ0v) is 12.1. The molecule has 0 bridgehead atoms. The Morgan fingerprint density at radius 3 is 2.89 bits per heavy atom. The quantitative estimate of drug-likeness (QED) is 0.847. The van der Waals surface area contributed by atoms with Crippen molar-refractivity contribution < 1.29 is 9.47 Å². The first-order valence-corrected chi connectivity index (χ1v) is 6.83. The van der Waals surface area contributed by atoms with Crippen LogP contribution in [0.4, 0.5) is 0 Å². The largest absolute Gasteiger partial charge is 0.497 e. The molecular formula is C15H24N2O2. The summed E-state index contributed by atoms with van der Waals surface area (Å²) in [5, 5.41) is 3.39. The van der Waals surface area contributed by atoms with Crippen LogP contribution >= 0.6 is 0 Å². The fourth-order valence-electron chi connectivity index (χ4n) is 2.64. The maximum absolute atomic E-state index is 5.42. The topological polar surface area (TPSA) is 33.7 Å². The van der Waals surface area contributed by atoms with Crippen molar-refractivity contribution in [3.8, 4) is 5.75 Å². The van der Waals surface area contributed by atoms with Gasteiger partial charge in [0.2, 0.25) is 0 Å². The third-order valence-corrected chi connectivity index (χ3v) is 3.85. The van der Waals surface area contributed by atoms with Gasteiger partial charge in [0, 0.05) is 32.8 Å². The number of ether oxygens (including phenoxy) is 2. The number of nitrogens with zero attached hydrogens (tertiary/aromatic N) is 1. The second kappa shape index (κ2) is 6.89. The molecule has 2 unspecified atom stereocenters. The molecule has 0 saturated carbocycles. The predicted molar refractivity (Wildman–Crippen MR) is 76.6 cm³/mol. The predicted octanol–water partition coefficient (Wildman–Crippen LogP) is 1.68. The Bertz CT molecular complexity index is 397. The van der Waals surface area contributed by atoms with Gasteiger partial charge >= 0.3 is 0 Å². The molecule has 1 aliphatic rings. The standard InChI is InChI=1S/C15H24N2O2/c1-16-15(11-17-8-7-14(10-17)19-3)12-5-4-6-13(9-12)18-2/h4-6,9,14-16H,7-8,10-11H2,1-3H3. The van der Waals surface area contributed by atoms with Crippen LogP contribution in [0.3, 0.4) is 0 Å². The number of benzene rings is 1. The first-order chi connectivity index (χ1) is 9.26. The molecular weight excluding hydrogens is 240 g/mol. The van der Waals surface area contributed by atoms with Crippen LogP contribution in [0.5, 0.6) is 5.75 Å². The minimum Gasteiger partial charge on any atom is -0.497 e. The smallest absolute Gasteiger partial charge is 0.119 e. The highest BCUT2D eigenvalue weighted by atomic mass is 16.5. The molecule has 0 spiro atoms. The number of likely N-dealkylation sites (tertiary alicyclic amines) is 1. The van der Waals surface area contributed by atoms with Crippen molar-refractivity contribution in [3.05, 3.63) is 29.8 Å². The summed E-state index contributed by atoms with van der Waals surface area (Å²) in [5.41, 5.74) is 1.27. The maximum Gasteiger partial charge on any atom is 0.119 e. The van der Waals surface area contributed by atoms with E-state index in [0.29, 0.717) is 12.1 Å². The third-order valence-electron chi connectivity index (χ3n) is 3.85. The van der Waals surface area contributed by atoms with Gasteiger partial charge in [-0.3, -0.25) is 4.90 Å². The summed E-state index contributed by atoms with van der Waals surface area (Å²) < 4.78 is 10.7. The lowest BCUT2D eigenvalue weighted by molar-refractivity contribution is 0.107. The first-order valence-electron chi connectivity index (χ1n) is 6.83. The second-order valence-electron chi connectivity index (χ2n) is 5.02. The van der Waals surface area contributed by atoms with E-state index in [1.165, 1.54) is 5.56 Å². The molecule has 0 radical (unpaired) electrons. The second-order valence-corrected chi connectivity index (χ2v) is 5.02. The van der Waals surface area contributed by atoms with Crippen molar-refractivity contribution in [2.24, 2.45) is 0 Å². The number of rotatable bonds is 6. The van der Waals surface area contributed by atoms with Crippen molar-refractivity contribution in [2.45, 2.75) is 18.6 Å². The van der Waals surface area contributed by atoms with Crippen molar-refractivity contribution in [1.82, 2.24) is 10.2 Å². The number of nitrogens with one attached hydrogen (secondary N) is 1. The fourth-order valence-corrected chi connectivity index (χ4v) is 2.64. The van der Waals surface area contributed by atoms with Crippen LogP contribution in [0.25, 0.3) is 0 Å². The van der Waals surface area contributed by atoms with Crippen LogP contribution in [-0.2, 0) is 4.74 Å². The van der Waals surface area contributed by atoms with Crippen LogP contribution < -0.4 is 10.1 Å². The highest BCUT2D eigenvalue weighted by Crippen LogP contribution is 2.22. The van der Waals surface area contributed by atoms with E-state index in [9.17, 15) is 0 Å². The molecule has 1 N–H and O–H groups in total. The van der Waals surface area contributed by atoms with Crippen molar-refractivity contribution >= 4 is 0 Å². The minimum absolute atomic E-state index is 0.325. The molecule has 2 atom stereocenters. The minimum atomic E-state index is 0.325. The van der Waals surface area contributed by atoms with Gasteiger partial charge in [-0.2, -0.15) is 0 Å². The molecule has 19 heavy (non-hydrogen) atoms. The maximum atomic E-state index is 5.42. The molecule has 1 aromatic carbocycles. The normalized spacial score (nSPS) is 21.5. The van der Waals surface area contributed by atoms with E-state index < -0.39 is 0 Å². The zero-order valence-electron chi connectivity index (χ0n) is 12.1. The summed E-state index contributed by atoms with van der Waals surface area (Å²) >= 11 is 0. The molecule has 1 heterocycles. The summed E-state index contributed by atoms with van der Waals surface area (Å²) in [6.45, 7) is 3.14. The van der Waals surface area contributed by atoms with Crippen LogP contribution in [-0.4, -0.2) is 51.9 Å². The van der Waals surface area contributed by atoms with Gasteiger partial charge in [-0.05, 0) is 31.2 Å². The third kappa shape index (κ3) is 3.69. The van der Waals surface area contributed by atoms with E-state index >= 15 is 0 Å². The van der Waals surface area contributed by atoms with Gasteiger partial charge in [0.05, 0.1) is 13.2 Å². The first kappa shape index (κ1) is 14.3. The van der Waals surface area contributed by atoms with E-state index in [1.54, 1.807) is 14.2 Å². The van der Waals surface area contributed by atoms with E-state index in [0.717, 1.165) is 31.8 Å². The summed E-state index contributed by atoms with van der Waals surface area (Å²) in [7, 11) is 5.51. The van der Waals surface area contributed by atoms with Gasteiger partial charge in [0.15, 0.2) is 0 Å². The number of likely N-dealkylation sites (N-methyl/N-ethyl adjacent to an activating group) is 1. The Morgan fingerprint density at radius 1 is 1.42 bits per heavy atom. The summed E-state index contributed by atoms with van der Waals surface area (Å²) in [4.78, 5) is 2.45. The number of hydrogen-bond donors (Lipinski definition) is 1. The van der Waals surface area contributed by atoms with Crippen molar-refractivity contribution in [1.29, 1.82) is 0 Å². The molecule has 106 valence electrons. The van der Waals surface area contributed by atoms with Crippen LogP contribution in [0, 0.1) is 0 Å². The highest BCUT2D eigenvalue weighted by Gasteiger charge is 2.24. The molecule has 1 aromatic rings. The van der Waals surface area contributed by atoms with E-state index in [4.69, 9.17) is 9.47 Å². The van der Waals surface area contributed by atoms with Gasteiger partial charge in [-0.25, -0.2) is 0 Å². The van der Waals surface area contributed by atoms with E-state index in [-0.39, 0.29) is 0 Å². The molecule has 4 nitrogen and oxygen atoms in total. The van der Waals surface area contributed by atoms with Gasteiger partial charge < -0.3 is 14.8 Å². The average Bonchev–Trinajstić information content (AvgIpc) is 2.92. The molecule has 0 aromatic heterocycles. The molecule has 0 amide bonds. The van der Waals surface area contributed by atoms with Gasteiger partial charge in [-0.15, -0.1) is 0 Å². The Hall–Kier alpha value is -1.10. The highest BCUT2D eigenvalue weighted by molar-refractivity contribution is 5.30. The Morgan fingerprint density at radius 2 is 2.26 bits per heavy atom. The Kier molecular flexibility index (Phi) is 5.19. The average molecular weight is 264 g/mol. The van der Waals surface area contributed by atoms with Crippen molar-refractivity contribution in [3.63, 3.8) is 0 Å². The number of hydrogen-bond acceptors (Lipinski definition) is 4. The molecule has 1 saturated heterocycles. The van der Waals surface area contributed by atoms with Crippen LogP contribution in [0.2, 0.25) is 0 Å². The Balaban J connectivity index is 1.99. The summed E-state index contributed by atoms with van der Waals surface area (Å²) in [6, 6.07) is 8.59. The van der Waals surface area contributed by atoms with Gasteiger partial charge in [0.1, 0.15) is 5.75 Å². The lowest BCUT2D eigenvalue weighted by Crippen LogP contribution is -2.33. The van der Waals surface area contributed by atoms with Crippen molar-refractivity contribution in [2.75, 3.05) is 40.9 Å². The van der Waals surface area contributed by atoms with Gasteiger partial charge in [0.25, 0.3) is 0 Å². The van der Waals surface area contributed by atoms with Gasteiger partial charge in [-0.1, -0.05) is 12.1 Å². The molecule has 2 rings (SSSR count). The Labute approximate surface area is 115 Å². The van der Waals surface area contributed by atoms with E-state index in [2.05, 4.69) is 22.3 Å². The molecule has 0 aliphatic carbocycles. The zero-order chi connectivity index (χ0) is 13.7. The fraction of sp³-hybridized carbons (Fsp3) is 0.600. The lowest BCUT2D eigenvalue weighted by atomic mass is 10.1. The lowest BCUT2D eigenvalue weighted by Gasteiger charge is -2.24.